The van der Waals surface area contributed by atoms with Crippen LogP contribution in [0.1, 0.15) is 18.5 Å². The van der Waals surface area contributed by atoms with Crippen LogP contribution in [-0.4, -0.2) is 69.7 Å². The summed E-state index contributed by atoms with van der Waals surface area (Å²) in [6, 6.07) is 0. The van der Waals surface area contributed by atoms with Gasteiger partial charge in [0.1, 0.15) is 30.2 Å². The first kappa shape index (κ1) is 16.8. The minimum Gasteiger partial charge on any atom is -0.394 e. The Labute approximate surface area is 147 Å². The number of aliphatic hydroxyl groups is 3. The third-order valence-corrected chi connectivity index (χ3v) is 4.97. The van der Waals surface area contributed by atoms with Gasteiger partial charge in [-0.25, -0.2) is 19.9 Å². The number of aliphatic hydroxyl groups excluding tert-OH is 3. The second kappa shape index (κ2) is 5.99. The number of rotatable bonds is 4. The normalized spacial score (nSPS) is 30.1. The number of anilines is 1. The fraction of sp³-hybridized carbons (Fsp3) is 0.467. The highest BCUT2D eigenvalue weighted by molar-refractivity contribution is 5.81. The van der Waals surface area contributed by atoms with Gasteiger partial charge in [-0.15, -0.1) is 0 Å². The highest BCUT2D eigenvalue weighted by atomic mass is 16.6. The highest BCUT2D eigenvalue weighted by Gasteiger charge is 2.59. The van der Waals surface area contributed by atoms with E-state index >= 15 is 0 Å². The van der Waals surface area contributed by atoms with Crippen molar-refractivity contribution < 1.29 is 20.1 Å². The van der Waals surface area contributed by atoms with Crippen molar-refractivity contribution in [2.45, 2.75) is 36.9 Å². The lowest BCUT2D eigenvalue weighted by molar-refractivity contribution is -0.160. The number of hydrogen-bond acceptors (Lipinski definition) is 9. The maximum Gasteiger partial charge on any atom is 0.184 e. The summed E-state index contributed by atoms with van der Waals surface area (Å²) < 4.78 is 7.54. The Bertz CT molecular complexity index is 914. The Morgan fingerprint density at radius 2 is 2.15 bits per heavy atom. The van der Waals surface area contributed by atoms with E-state index in [2.05, 4.69) is 24.9 Å². The topological polar surface area (TPSA) is 168 Å². The van der Waals surface area contributed by atoms with E-state index < -0.39 is 36.6 Å². The predicted molar refractivity (Wildman–Crippen MR) is 88.7 cm³/mol. The van der Waals surface area contributed by atoms with Crippen molar-refractivity contribution in [2.75, 3.05) is 12.3 Å². The minimum atomic E-state index is -1.50. The van der Waals surface area contributed by atoms with Gasteiger partial charge in [0.05, 0.1) is 30.9 Å². The molecule has 6 N–H and O–H groups in total. The molecule has 26 heavy (non-hydrogen) atoms. The van der Waals surface area contributed by atoms with Crippen molar-refractivity contribution in [1.82, 2.24) is 29.5 Å². The molecule has 0 radical (unpaired) electrons. The SMILES string of the molecule is CC(c1c[nH]cn1)[C@@]1(n2cnc3c(N)ncnc32)O[C@H](CO)[C@@H](O)[C@H]1O. The number of imidazole rings is 2. The number of aromatic nitrogens is 6. The van der Waals surface area contributed by atoms with Crippen LogP contribution in [0.5, 0.6) is 0 Å². The number of aromatic amines is 1. The van der Waals surface area contributed by atoms with Gasteiger partial charge in [-0.3, -0.25) is 4.57 Å². The Kier molecular flexibility index (Phi) is 3.88. The van der Waals surface area contributed by atoms with Gasteiger partial charge in [-0.2, -0.15) is 0 Å². The van der Waals surface area contributed by atoms with Gasteiger partial charge in [-0.1, -0.05) is 6.92 Å². The van der Waals surface area contributed by atoms with Crippen molar-refractivity contribution in [3.05, 3.63) is 30.9 Å². The average molecular weight is 361 g/mol. The molecule has 1 fully saturated rings. The van der Waals surface area contributed by atoms with Crippen LogP contribution in [0.4, 0.5) is 5.82 Å². The fourth-order valence-electron chi connectivity index (χ4n) is 3.57. The number of nitrogens with two attached hydrogens (primary N) is 1. The van der Waals surface area contributed by atoms with Crippen LogP contribution in [0.3, 0.4) is 0 Å². The molecule has 0 saturated carbocycles. The molecule has 3 aromatic rings. The van der Waals surface area contributed by atoms with Gasteiger partial charge in [-0.05, 0) is 0 Å². The standard InChI is InChI=1S/C15H19N7O4/c1-7(8-2-17-4-18-8)15(12(25)11(24)9(3-23)26-15)22-6-21-10-13(16)19-5-20-14(10)22/h2,4-7,9,11-12,23-25H,3H2,1H3,(H,17,18)(H2,16,19,20)/t7?,9-,11-,12-,15-/m1/s1. The fourth-order valence-corrected chi connectivity index (χ4v) is 3.57. The van der Waals surface area contributed by atoms with Gasteiger partial charge in [0.25, 0.3) is 0 Å². The van der Waals surface area contributed by atoms with Crippen LogP contribution in [0.25, 0.3) is 11.2 Å². The molecule has 1 aliphatic heterocycles. The van der Waals surface area contributed by atoms with Crippen LogP contribution in [-0.2, 0) is 10.5 Å². The summed E-state index contributed by atoms with van der Waals surface area (Å²) in [7, 11) is 0. The molecular weight excluding hydrogens is 342 g/mol. The van der Waals surface area contributed by atoms with Gasteiger partial charge >= 0.3 is 0 Å². The Morgan fingerprint density at radius 1 is 1.35 bits per heavy atom. The van der Waals surface area contributed by atoms with Crippen LogP contribution in [0.15, 0.2) is 25.2 Å². The Balaban J connectivity index is 1.95. The number of H-pyrrole nitrogens is 1. The van der Waals surface area contributed by atoms with Crippen molar-refractivity contribution in [3.63, 3.8) is 0 Å². The van der Waals surface area contributed by atoms with Crippen molar-refractivity contribution in [3.8, 4) is 0 Å². The Hall–Kier alpha value is -2.60. The van der Waals surface area contributed by atoms with E-state index in [9.17, 15) is 15.3 Å². The van der Waals surface area contributed by atoms with E-state index in [0.717, 1.165) is 0 Å². The van der Waals surface area contributed by atoms with E-state index in [-0.39, 0.29) is 5.82 Å². The summed E-state index contributed by atoms with van der Waals surface area (Å²) >= 11 is 0. The van der Waals surface area contributed by atoms with Crippen LogP contribution in [0, 0.1) is 0 Å². The zero-order valence-corrected chi connectivity index (χ0v) is 13.9. The number of nitrogen functional groups attached to an aromatic ring is 1. The lowest BCUT2D eigenvalue weighted by Crippen LogP contribution is -2.49. The zero-order valence-electron chi connectivity index (χ0n) is 13.9. The molecule has 0 amide bonds. The van der Waals surface area contributed by atoms with E-state index in [1.165, 1.54) is 23.5 Å². The molecule has 138 valence electrons. The molecule has 11 heteroatoms. The van der Waals surface area contributed by atoms with Gasteiger partial charge < -0.3 is 30.8 Å². The molecule has 1 saturated heterocycles. The monoisotopic (exact) mass is 361 g/mol. The number of nitrogens with one attached hydrogen (secondary N) is 1. The van der Waals surface area contributed by atoms with Crippen molar-refractivity contribution in [1.29, 1.82) is 0 Å². The molecule has 4 rings (SSSR count). The minimum absolute atomic E-state index is 0.183. The first-order valence-corrected chi connectivity index (χ1v) is 8.08. The van der Waals surface area contributed by atoms with Gasteiger partial charge in [0.2, 0.25) is 0 Å². The number of ether oxygens (including phenoxy) is 1. The number of nitrogens with zero attached hydrogens (tertiary/aromatic N) is 5. The van der Waals surface area contributed by atoms with Crippen LogP contribution < -0.4 is 5.73 Å². The average Bonchev–Trinajstić information content (AvgIpc) is 3.36. The Morgan fingerprint density at radius 3 is 2.81 bits per heavy atom. The third kappa shape index (κ3) is 2.15. The molecule has 1 unspecified atom stereocenters. The van der Waals surface area contributed by atoms with Crippen LogP contribution >= 0.6 is 0 Å². The lowest BCUT2D eigenvalue weighted by Gasteiger charge is -2.38. The van der Waals surface area contributed by atoms with Crippen LogP contribution in [0.2, 0.25) is 0 Å². The summed E-state index contributed by atoms with van der Waals surface area (Å²) in [5.41, 5.74) is 5.64. The van der Waals surface area contributed by atoms with E-state index in [4.69, 9.17) is 10.5 Å². The van der Waals surface area contributed by atoms with E-state index in [1.54, 1.807) is 13.1 Å². The molecule has 0 aromatic carbocycles. The summed E-state index contributed by atoms with van der Waals surface area (Å²) in [5.74, 6) is -0.341. The maximum absolute atomic E-state index is 10.9. The summed E-state index contributed by atoms with van der Waals surface area (Å²) in [6.45, 7) is 1.33. The van der Waals surface area contributed by atoms with E-state index in [1.807, 2.05) is 0 Å². The predicted octanol–water partition coefficient (Wildman–Crippen LogP) is -1.30. The van der Waals surface area contributed by atoms with E-state index in [0.29, 0.717) is 16.9 Å². The molecule has 0 bridgehead atoms. The quantitative estimate of drug-likeness (QED) is 0.379. The molecule has 3 aromatic heterocycles. The number of fused-ring (bicyclic) bond motifs is 1. The number of hydrogen-bond donors (Lipinski definition) is 5. The summed E-state index contributed by atoms with van der Waals surface area (Å²) in [4.78, 5) is 19.5. The van der Waals surface area contributed by atoms with Gasteiger partial charge in [0.15, 0.2) is 17.2 Å². The smallest absolute Gasteiger partial charge is 0.184 e. The zero-order chi connectivity index (χ0) is 18.5. The van der Waals surface area contributed by atoms with Crippen molar-refractivity contribution in [2.24, 2.45) is 0 Å². The highest BCUT2D eigenvalue weighted by Crippen LogP contribution is 2.46. The lowest BCUT2D eigenvalue weighted by atomic mass is 9.88. The molecule has 11 nitrogen and oxygen atoms in total. The summed E-state index contributed by atoms with van der Waals surface area (Å²) in [6.07, 6.45) is 2.22. The molecule has 5 atom stereocenters. The first-order chi connectivity index (χ1) is 12.5. The largest absolute Gasteiger partial charge is 0.394 e. The molecular formula is C15H19N7O4. The maximum atomic E-state index is 10.9. The van der Waals surface area contributed by atoms with Crippen molar-refractivity contribution >= 4 is 17.0 Å². The molecule has 0 aliphatic carbocycles. The van der Waals surface area contributed by atoms with Gasteiger partial charge in [0, 0.05) is 6.20 Å². The molecule has 1 aliphatic rings. The second-order valence-electron chi connectivity index (χ2n) is 6.29. The molecule has 4 heterocycles. The third-order valence-electron chi connectivity index (χ3n) is 4.97. The summed E-state index contributed by atoms with van der Waals surface area (Å²) in [5, 5.41) is 30.9. The second-order valence-corrected chi connectivity index (χ2v) is 6.29. The molecule has 0 spiro atoms. The first-order valence-electron chi connectivity index (χ1n) is 8.08.